The van der Waals surface area contributed by atoms with Crippen molar-refractivity contribution in [1.29, 1.82) is 0 Å². The number of aryl methyl sites for hydroxylation is 1. The summed E-state index contributed by atoms with van der Waals surface area (Å²) in [6.45, 7) is 7.28. The van der Waals surface area contributed by atoms with Crippen molar-refractivity contribution in [3.05, 3.63) is 64.7 Å². The van der Waals surface area contributed by atoms with Crippen molar-refractivity contribution in [2.45, 2.75) is 31.6 Å². The minimum Gasteiger partial charge on any atom is -0.497 e. The molecule has 0 bridgehead atoms. The minimum atomic E-state index is 0.0141. The average Bonchev–Trinajstić information content (AvgIpc) is 2.90. The largest absolute Gasteiger partial charge is 0.497 e. The summed E-state index contributed by atoms with van der Waals surface area (Å²) in [6, 6.07) is 14.7. The van der Waals surface area contributed by atoms with E-state index in [1.54, 1.807) is 7.11 Å². The molecule has 1 N–H and O–H groups in total. The number of carbonyl (C=O) groups is 1. The topological polar surface area (TPSA) is 48.1 Å². The van der Waals surface area contributed by atoms with Crippen molar-refractivity contribution in [3.8, 4) is 5.75 Å². The molecule has 2 aromatic carbocycles. The number of piperazine rings is 1. The van der Waals surface area contributed by atoms with Crippen LogP contribution in [-0.2, 0) is 6.42 Å². The van der Waals surface area contributed by atoms with E-state index in [1.165, 1.54) is 22.3 Å². The molecule has 0 unspecified atom stereocenters. The van der Waals surface area contributed by atoms with E-state index in [-0.39, 0.29) is 6.03 Å². The number of anilines is 1. The third-order valence-electron chi connectivity index (χ3n) is 7.86. The van der Waals surface area contributed by atoms with Crippen LogP contribution in [0.15, 0.2) is 48.0 Å². The zero-order valence-electron chi connectivity index (χ0n) is 21.1. The van der Waals surface area contributed by atoms with Crippen molar-refractivity contribution < 1.29 is 9.53 Å². The second kappa shape index (κ2) is 10.8. The molecule has 2 aromatic rings. The van der Waals surface area contributed by atoms with E-state index >= 15 is 0 Å². The Morgan fingerprint density at radius 2 is 1.71 bits per heavy atom. The van der Waals surface area contributed by atoms with E-state index in [0.717, 1.165) is 82.9 Å². The molecular formula is C29H38N4O2. The Balaban J connectivity index is 1.13. The van der Waals surface area contributed by atoms with Gasteiger partial charge < -0.3 is 19.9 Å². The lowest BCUT2D eigenvalue weighted by atomic mass is 9.89. The number of nitrogens with zero attached hydrogens (tertiary/aromatic N) is 3. The third kappa shape index (κ3) is 5.88. The van der Waals surface area contributed by atoms with Gasteiger partial charge in [0.2, 0.25) is 0 Å². The summed E-state index contributed by atoms with van der Waals surface area (Å²) < 4.78 is 5.27. The highest BCUT2D eigenvalue weighted by molar-refractivity contribution is 5.89. The molecule has 2 aliphatic heterocycles. The number of rotatable bonds is 5. The second-order valence-electron chi connectivity index (χ2n) is 10.3. The van der Waals surface area contributed by atoms with Crippen LogP contribution in [0.3, 0.4) is 0 Å². The van der Waals surface area contributed by atoms with Crippen LogP contribution in [0.1, 0.15) is 41.9 Å². The molecule has 2 heterocycles. The van der Waals surface area contributed by atoms with Gasteiger partial charge in [0.05, 0.1) is 7.11 Å². The first-order valence-electron chi connectivity index (χ1n) is 13.0. The molecule has 3 aliphatic rings. The van der Waals surface area contributed by atoms with Crippen LogP contribution in [0.5, 0.6) is 5.75 Å². The van der Waals surface area contributed by atoms with Gasteiger partial charge in [-0.05, 0) is 79.6 Å². The summed E-state index contributed by atoms with van der Waals surface area (Å²) in [4.78, 5) is 19.9. The van der Waals surface area contributed by atoms with E-state index in [1.807, 2.05) is 17.0 Å². The number of likely N-dealkylation sites (tertiary alicyclic amines) is 1. The highest BCUT2D eigenvalue weighted by atomic mass is 16.5. The summed E-state index contributed by atoms with van der Waals surface area (Å²) in [7, 11) is 3.90. The maximum Gasteiger partial charge on any atom is 0.321 e. The van der Waals surface area contributed by atoms with Crippen LogP contribution < -0.4 is 10.1 Å². The number of benzene rings is 2. The SMILES string of the molecule is COc1ccc(C2CCN(C(=O)Nc3ccc4c(c3)CCC(CN3CCN(C)CC3)=C4)CC2)cc1. The molecule has 0 aromatic heterocycles. The fraction of sp³-hybridized carbons (Fsp3) is 0.483. The lowest BCUT2D eigenvalue weighted by Gasteiger charge is -2.33. The Kier molecular flexibility index (Phi) is 7.40. The Morgan fingerprint density at radius 3 is 2.43 bits per heavy atom. The lowest BCUT2D eigenvalue weighted by Crippen LogP contribution is -2.45. The van der Waals surface area contributed by atoms with Gasteiger partial charge >= 0.3 is 6.03 Å². The van der Waals surface area contributed by atoms with Gasteiger partial charge in [-0.3, -0.25) is 4.90 Å². The third-order valence-corrected chi connectivity index (χ3v) is 7.86. The number of hydrogen-bond donors (Lipinski definition) is 1. The van der Waals surface area contributed by atoms with Crippen LogP contribution in [0.2, 0.25) is 0 Å². The summed E-state index contributed by atoms with van der Waals surface area (Å²) in [5.74, 6) is 1.39. The van der Waals surface area contributed by atoms with Crippen LogP contribution in [0.4, 0.5) is 10.5 Å². The molecule has 0 radical (unpaired) electrons. The van der Waals surface area contributed by atoms with Gasteiger partial charge in [-0.2, -0.15) is 0 Å². The number of piperidine rings is 1. The van der Waals surface area contributed by atoms with Gasteiger partial charge in [0, 0.05) is 51.5 Å². The maximum atomic E-state index is 12.9. The molecule has 6 nitrogen and oxygen atoms in total. The first-order chi connectivity index (χ1) is 17.1. The predicted molar refractivity (Wildman–Crippen MR) is 142 cm³/mol. The molecule has 35 heavy (non-hydrogen) atoms. The summed E-state index contributed by atoms with van der Waals surface area (Å²) >= 11 is 0. The minimum absolute atomic E-state index is 0.0141. The predicted octanol–water partition coefficient (Wildman–Crippen LogP) is 4.68. The molecule has 0 saturated carbocycles. The average molecular weight is 475 g/mol. The van der Waals surface area contributed by atoms with Gasteiger partial charge in [-0.1, -0.05) is 29.8 Å². The highest BCUT2D eigenvalue weighted by Crippen LogP contribution is 2.30. The van der Waals surface area contributed by atoms with Gasteiger partial charge in [0.1, 0.15) is 5.75 Å². The smallest absolute Gasteiger partial charge is 0.321 e. The van der Waals surface area contributed by atoms with E-state index in [9.17, 15) is 4.79 Å². The molecule has 6 heteroatoms. The standard InChI is InChI=1S/C29H38N4O2/c1-31-15-17-32(18-16-31)21-22-3-4-26-20-27(8-5-25(26)19-22)30-29(34)33-13-11-24(12-14-33)23-6-9-28(35-2)10-7-23/h5-10,19-20,24H,3-4,11-18,21H2,1-2H3,(H,30,34). The normalized spacial score (nSPS) is 19.7. The molecule has 2 amide bonds. The van der Waals surface area contributed by atoms with Crippen molar-refractivity contribution in [2.75, 3.05) is 65.3 Å². The fourth-order valence-corrected chi connectivity index (χ4v) is 5.54. The molecule has 2 saturated heterocycles. The number of fused-ring (bicyclic) bond motifs is 1. The summed E-state index contributed by atoms with van der Waals surface area (Å²) in [5, 5.41) is 3.15. The number of hydrogen-bond acceptors (Lipinski definition) is 4. The summed E-state index contributed by atoms with van der Waals surface area (Å²) in [5.41, 5.74) is 6.41. The van der Waals surface area contributed by atoms with Crippen molar-refractivity contribution in [2.24, 2.45) is 0 Å². The first kappa shape index (κ1) is 23.9. The maximum absolute atomic E-state index is 12.9. The zero-order valence-corrected chi connectivity index (χ0v) is 21.1. The van der Waals surface area contributed by atoms with E-state index in [0.29, 0.717) is 5.92 Å². The monoisotopic (exact) mass is 474 g/mol. The molecule has 0 spiro atoms. The van der Waals surface area contributed by atoms with Gasteiger partial charge in [0.15, 0.2) is 0 Å². The number of ether oxygens (including phenoxy) is 1. The Morgan fingerprint density at radius 1 is 0.971 bits per heavy atom. The molecule has 5 rings (SSSR count). The number of amides is 2. The Bertz CT molecular complexity index is 1050. The van der Waals surface area contributed by atoms with E-state index in [4.69, 9.17) is 4.74 Å². The van der Waals surface area contributed by atoms with Crippen LogP contribution >= 0.6 is 0 Å². The number of carbonyl (C=O) groups excluding carboxylic acids is 1. The molecular weight excluding hydrogens is 436 g/mol. The van der Waals surface area contributed by atoms with Crippen LogP contribution in [-0.4, -0.2) is 80.7 Å². The van der Waals surface area contributed by atoms with Crippen molar-refractivity contribution >= 4 is 17.8 Å². The number of nitrogens with one attached hydrogen (secondary N) is 1. The van der Waals surface area contributed by atoms with Crippen molar-refractivity contribution in [3.63, 3.8) is 0 Å². The fourth-order valence-electron chi connectivity index (χ4n) is 5.54. The van der Waals surface area contributed by atoms with Gasteiger partial charge in [0.25, 0.3) is 0 Å². The van der Waals surface area contributed by atoms with Crippen molar-refractivity contribution in [1.82, 2.24) is 14.7 Å². The van der Waals surface area contributed by atoms with E-state index in [2.05, 4.69) is 58.6 Å². The van der Waals surface area contributed by atoms with Gasteiger partial charge in [-0.25, -0.2) is 4.79 Å². The summed E-state index contributed by atoms with van der Waals surface area (Å²) in [6.07, 6.45) is 6.50. The van der Waals surface area contributed by atoms with E-state index < -0.39 is 0 Å². The zero-order chi connectivity index (χ0) is 24.2. The Labute approximate surface area is 209 Å². The number of urea groups is 1. The van der Waals surface area contributed by atoms with Crippen LogP contribution in [0, 0.1) is 0 Å². The molecule has 186 valence electrons. The molecule has 1 aliphatic carbocycles. The lowest BCUT2D eigenvalue weighted by molar-refractivity contribution is 0.163. The quantitative estimate of drug-likeness (QED) is 0.683. The van der Waals surface area contributed by atoms with Gasteiger partial charge in [-0.15, -0.1) is 0 Å². The first-order valence-corrected chi connectivity index (χ1v) is 13.0. The highest BCUT2D eigenvalue weighted by Gasteiger charge is 2.24. The number of methoxy groups -OCH3 is 1. The van der Waals surface area contributed by atoms with Crippen LogP contribution in [0.25, 0.3) is 6.08 Å². The second-order valence-corrected chi connectivity index (χ2v) is 10.3. The Hall–Kier alpha value is -2.83. The molecule has 0 atom stereocenters. The molecule has 2 fully saturated rings. The number of likely N-dealkylation sites (N-methyl/N-ethyl adjacent to an activating group) is 1.